The Kier molecular flexibility index (Phi) is 8.83. The lowest BCUT2D eigenvalue weighted by molar-refractivity contribution is -0.113. The molecule has 0 bridgehead atoms. The standard InChI is InChI=1S/C26H39N5O2Si.ClH/c1-6-21-23(17(2)30-31(21)16-33-13-14-34(3,4)5)20-11-12-22(28-15-20)29-26(32)25(27)24(18-7-8-18)19-9-10-19;/h11-12,15,18-19H,6-10,13-14,16,27H2,1-5H3,(H,28,29,32);1H. The number of hydrogen-bond acceptors (Lipinski definition) is 5. The Bertz CT molecular complexity index is 1050. The average molecular weight is 518 g/mol. The van der Waals surface area contributed by atoms with Crippen LogP contribution in [0, 0.1) is 18.8 Å². The number of pyridine rings is 1. The molecule has 0 radical (unpaired) electrons. The first-order valence-electron chi connectivity index (χ1n) is 12.6. The summed E-state index contributed by atoms with van der Waals surface area (Å²) >= 11 is 0. The van der Waals surface area contributed by atoms with Crippen LogP contribution in [0.1, 0.15) is 44.0 Å². The zero-order valence-corrected chi connectivity index (χ0v) is 23.5. The molecule has 2 aliphatic rings. The highest BCUT2D eigenvalue weighted by atomic mass is 35.5. The molecule has 3 N–H and O–H groups in total. The van der Waals surface area contributed by atoms with Crippen LogP contribution in [0.4, 0.5) is 5.82 Å². The highest BCUT2D eigenvalue weighted by Gasteiger charge is 2.39. The van der Waals surface area contributed by atoms with Crippen molar-refractivity contribution in [2.24, 2.45) is 17.6 Å². The van der Waals surface area contributed by atoms with Crippen LogP contribution >= 0.6 is 12.4 Å². The zero-order chi connectivity index (χ0) is 24.5. The van der Waals surface area contributed by atoms with Gasteiger partial charge in [0.1, 0.15) is 12.5 Å². The van der Waals surface area contributed by atoms with E-state index in [4.69, 9.17) is 15.6 Å². The topological polar surface area (TPSA) is 95.1 Å². The van der Waals surface area contributed by atoms with Crippen molar-refractivity contribution in [2.75, 3.05) is 11.9 Å². The van der Waals surface area contributed by atoms with E-state index >= 15 is 0 Å². The van der Waals surface area contributed by atoms with E-state index in [2.05, 4.69) is 36.9 Å². The Morgan fingerprint density at radius 3 is 2.37 bits per heavy atom. The van der Waals surface area contributed by atoms with Crippen molar-refractivity contribution in [2.45, 2.75) is 78.4 Å². The maximum Gasteiger partial charge on any atom is 0.272 e. The molecule has 2 saturated carbocycles. The highest BCUT2D eigenvalue weighted by molar-refractivity contribution is 6.76. The van der Waals surface area contributed by atoms with Crippen LogP contribution in [0.15, 0.2) is 29.6 Å². The molecule has 35 heavy (non-hydrogen) atoms. The smallest absolute Gasteiger partial charge is 0.272 e. The fourth-order valence-corrected chi connectivity index (χ4v) is 5.25. The van der Waals surface area contributed by atoms with Gasteiger partial charge in [-0.25, -0.2) is 9.67 Å². The van der Waals surface area contributed by atoms with Gasteiger partial charge in [-0.05, 0) is 74.6 Å². The molecule has 0 saturated heterocycles. The first-order valence-corrected chi connectivity index (χ1v) is 16.3. The predicted molar refractivity (Wildman–Crippen MR) is 146 cm³/mol. The summed E-state index contributed by atoms with van der Waals surface area (Å²) in [5.41, 5.74) is 12.0. The van der Waals surface area contributed by atoms with E-state index in [9.17, 15) is 4.79 Å². The number of carbonyl (C=O) groups is 1. The van der Waals surface area contributed by atoms with E-state index in [0.717, 1.165) is 67.3 Å². The lowest BCUT2D eigenvalue weighted by atomic mass is 10.0. The molecule has 2 heterocycles. The van der Waals surface area contributed by atoms with Gasteiger partial charge < -0.3 is 15.8 Å². The maximum atomic E-state index is 12.8. The number of nitrogens with two attached hydrogens (primary N) is 1. The molecular formula is C26H40ClN5O2Si. The van der Waals surface area contributed by atoms with Crippen molar-refractivity contribution in [3.05, 3.63) is 41.0 Å². The van der Waals surface area contributed by atoms with Crippen LogP contribution in [0.3, 0.4) is 0 Å². The SMILES string of the molecule is CCc1c(-c2ccc(NC(=O)C(N)=C(C3CC3)C3CC3)nc2)c(C)nn1COCC[Si](C)(C)C.Cl. The van der Waals surface area contributed by atoms with Gasteiger partial charge in [0.15, 0.2) is 0 Å². The average Bonchev–Trinajstić information content (AvgIpc) is 3.71. The van der Waals surface area contributed by atoms with E-state index in [1.807, 2.05) is 23.7 Å². The summed E-state index contributed by atoms with van der Waals surface area (Å²) in [5, 5.41) is 7.62. The van der Waals surface area contributed by atoms with Gasteiger partial charge in [-0.3, -0.25) is 4.79 Å². The van der Waals surface area contributed by atoms with Gasteiger partial charge >= 0.3 is 0 Å². The molecule has 2 fully saturated rings. The number of allylic oxidation sites excluding steroid dienone is 1. The fourth-order valence-electron chi connectivity index (χ4n) is 4.49. The molecule has 9 heteroatoms. The number of aryl methyl sites for hydroxylation is 1. The third kappa shape index (κ3) is 6.95. The number of amides is 1. The number of rotatable bonds is 11. The van der Waals surface area contributed by atoms with Crippen LogP contribution in [-0.4, -0.2) is 35.4 Å². The monoisotopic (exact) mass is 517 g/mol. The van der Waals surface area contributed by atoms with Crippen LogP contribution < -0.4 is 11.1 Å². The van der Waals surface area contributed by atoms with E-state index in [-0.39, 0.29) is 18.3 Å². The van der Waals surface area contributed by atoms with Crippen LogP contribution in [0.25, 0.3) is 11.1 Å². The molecule has 7 nitrogen and oxygen atoms in total. The highest BCUT2D eigenvalue weighted by Crippen LogP contribution is 2.49. The molecule has 0 atom stereocenters. The van der Waals surface area contributed by atoms with Crippen molar-refractivity contribution < 1.29 is 9.53 Å². The zero-order valence-electron chi connectivity index (χ0n) is 21.7. The second kappa shape index (κ2) is 11.3. The van der Waals surface area contributed by atoms with Crippen LogP contribution in [0.2, 0.25) is 25.7 Å². The van der Waals surface area contributed by atoms with E-state index in [1.54, 1.807) is 6.20 Å². The minimum absolute atomic E-state index is 0. The molecule has 192 valence electrons. The number of nitrogens with zero attached hydrogens (tertiary/aromatic N) is 3. The number of anilines is 1. The lowest BCUT2D eigenvalue weighted by Gasteiger charge is -2.16. The maximum absolute atomic E-state index is 12.8. The molecule has 0 aliphatic heterocycles. The summed E-state index contributed by atoms with van der Waals surface area (Å²) in [5.74, 6) is 1.31. The van der Waals surface area contributed by atoms with Crippen LogP contribution in [0.5, 0.6) is 0 Å². The molecule has 1 amide bonds. The third-order valence-electron chi connectivity index (χ3n) is 6.66. The van der Waals surface area contributed by atoms with Gasteiger partial charge in [-0.1, -0.05) is 26.6 Å². The number of nitrogens with one attached hydrogen (secondary N) is 1. The van der Waals surface area contributed by atoms with Crippen molar-refractivity contribution in [1.29, 1.82) is 0 Å². The molecule has 2 aromatic heterocycles. The summed E-state index contributed by atoms with van der Waals surface area (Å²) < 4.78 is 7.91. The van der Waals surface area contributed by atoms with Crippen molar-refractivity contribution in [3.8, 4) is 11.1 Å². The first kappa shape index (κ1) is 27.4. The number of hydrogen-bond donors (Lipinski definition) is 2. The minimum atomic E-state index is -1.12. The predicted octanol–water partition coefficient (Wildman–Crippen LogP) is 5.52. The summed E-state index contributed by atoms with van der Waals surface area (Å²) in [6.45, 7) is 12.4. The minimum Gasteiger partial charge on any atom is -0.394 e. The van der Waals surface area contributed by atoms with Gasteiger partial charge in [-0.2, -0.15) is 5.10 Å². The lowest BCUT2D eigenvalue weighted by Crippen LogP contribution is -2.23. The fraction of sp³-hybridized carbons (Fsp3) is 0.577. The summed E-state index contributed by atoms with van der Waals surface area (Å²) in [6.07, 6.45) is 7.27. The molecule has 0 spiro atoms. The van der Waals surface area contributed by atoms with Gasteiger partial charge in [0, 0.05) is 37.7 Å². The van der Waals surface area contributed by atoms with E-state index < -0.39 is 8.07 Å². The Morgan fingerprint density at radius 1 is 1.20 bits per heavy atom. The van der Waals surface area contributed by atoms with Gasteiger partial charge in [0.25, 0.3) is 5.91 Å². The Labute approximate surface area is 216 Å². The third-order valence-corrected chi connectivity index (χ3v) is 8.37. The van der Waals surface area contributed by atoms with Crippen molar-refractivity contribution in [3.63, 3.8) is 0 Å². The number of ether oxygens (including phenoxy) is 1. The first-order chi connectivity index (χ1) is 16.2. The molecular weight excluding hydrogens is 478 g/mol. The second-order valence-electron chi connectivity index (χ2n) is 10.9. The number of aromatic nitrogens is 3. The molecule has 0 aromatic carbocycles. The van der Waals surface area contributed by atoms with Crippen molar-refractivity contribution >= 4 is 32.2 Å². The van der Waals surface area contributed by atoms with Gasteiger partial charge in [-0.15, -0.1) is 12.4 Å². The molecule has 4 rings (SSSR count). The molecule has 2 aliphatic carbocycles. The quantitative estimate of drug-likeness (QED) is 0.232. The summed E-state index contributed by atoms with van der Waals surface area (Å²) in [4.78, 5) is 17.3. The van der Waals surface area contributed by atoms with E-state index in [0.29, 0.717) is 30.1 Å². The second-order valence-corrected chi connectivity index (χ2v) is 16.5. The summed E-state index contributed by atoms with van der Waals surface area (Å²) in [7, 11) is -1.12. The Hall–Kier alpha value is -2.16. The van der Waals surface area contributed by atoms with Gasteiger partial charge in [0.05, 0.1) is 11.4 Å². The number of carbonyl (C=O) groups excluding carboxylic acids is 1. The summed E-state index contributed by atoms with van der Waals surface area (Å²) in [6, 6.07) is 4.97. The molecule has 0 unspecified atom stereocenters. The Balaban J connectivity index is 0.00000342. The largest absolute Gasteiger partial charge is 0.394 e. The van der Waals surface area contributed by atoms with Gasteiger partial charge in [0.2, 0.25) is 0 Å². The molecule has 2 aromatic rings. The number of halogens is 1. The van der Waals surface area contributed by atoms with Crippen molar-refractivity contribution in [1.82, 2.24) is 14.8 Å². The Morgan fingerprint density at radius 2 is 1.86 bits per heavy atom. The van der Waals surface area contributed by atoms with E-state index in [1.165, 1.54) is 5.57 Å². The van der Waals surface area contributed by atoms with Crippen LogP contribution in [-0.2, 0) is 22.7 Å². The normalized spacial score (nSPS) is 15.5.